The molecule has 0 bridgehead atoms. The molecule has 5 heteroatoms. The summed E-state index contributed by atoms with van der Waals surface area (Å²) >= 11 is 3.30. The summed E-state index contributed by atoms with van der Waals surface area (Å²) in [7, 11) is 0. The molecule has 0 aromatic heterocycles. The third-order valence-corrected chi connectivity index (χ3v) is 2.72. The molecular weight excluding hydrogens is 284 g/mol. The molecule has 2 N–H and O–H groups in total. The van der Waals surface area contributed by atoms with Gasteiger partial charge >= 0.3 is 6.09 Å². The van der Waals surface area contributed by atoms with Gasteiger partial charge in [0.2, 0.25) is 0 Å². The fraction of sp³-hybridized carbons (Fsp3) is 0.750. The number of rotatable bonds is 4. The summed E-state index contributed by atoms with van der Waals surface area (Å²) in [5, 5.41) is 6.19. The molecule has 0 spiro atoms. The molecule has 1 rings (SSSR count). The topological polar surface area (TPSA) is 50.4 Å². The van der Waals surface area contributed by atoms with Gasteiger partial charge < -0.3 is 15.4 Å². The lowest BCUT2D eigenvalue weighted by molar-refractivity contribution is 0.0466. The maximum Gasteiger partial charge on any atom is 0.407 e. The third kappa shape index (κ3) is 6.07. The summed E-state index contributed by atoms with van der Waals surface area (Å²) < 4.78 is 6.13. The Morgan fingerprint density at radius 1 is 1.41 bits per heavy atom. The van der Waals surface area contributed by atoms with Gasteiger partial charge in [0.05, 0.1) is 0 Å². The monoisotopic (exact) mass is 304 g/mol. The van der Waals surface area contributed by atoms with E-state index >= 15 is 0 Å². The van der Waals surface area contributed by atoms with E-state index in [-0.39, 0.29) is 12.1 Å². The molecule has 0 heterocycles. The van der Waals surface area contributed by atoms with Gasteiger partial charge in [-0.3, -0.25) is 0 Å². The van der Waals surface area contributed by atoms with E-state index < -0.39 is 5.60 Å². The first-order valence-corrected chi connectivity index (χ1v) is 6.62. The minimum absolute atomic E-state index is 0.228. The minimum atomic E-state index is -0.431. The molecule has 0 atom stereocenters. The molecule has 0 radical (unpaired) electrons. The van der Waals surface area contributed by atoms with Crippen LogP contribution in [-0.4, -0.2) is 30.3 Å². The Balaban J connectivity index is 2.13. The van der Waals surface area contributed by atoms with Gasteiger partial charge in [0.25, 0.3) is 0 Å². The van der Waals surface area contributed by atoms with Gasteiger partial charge in [0.1, 0.15) is 5.60 Å². The van der Waals surface area contributed by atoms with Crippen LogP contribution >= 0.6 is 15.9 Å². The van der Waals surface area contributed by atoms with E-state index in [1.54, 1.807) is 0 Å². The van der Waals surface area contributed by atoms with Crippen LogP contribution in [0.25, 0.3) is 0 Å². The van der Waals surface area contributed by atoms with Crippen LogP contribution in [0.2, 0.25) is 0 Å². The molecule has 0 saturated heterocycles. The lowest BCUT2D eigenvalue weighted by atomic mass is 9.87. The first kappa shape index (κ1) is 14.5. The van der Waals surface area contributed by atoms with Crippen molar-refractivity contribution in [3.8, 4) is 0 Å². The first-order chi connectivity index (χ1) is 7.76. The summed E-state index contributed by atoms with van der Waals surface area (Å²) in [5.41, 5.74) is -0.431. The van der Waals surface area contributed by atoms with Crippen LogP contribution in [0, 0.1) is 0 Å². The standard InChI is InChI=1S/C12H21BrN2O2/c1-8(13)7-14-9-5-10(6-9)15-11(16)17-12(2,3)4/h9-10,14H,1,5-7H2,2-4H3,(H,15,16). The summed E-state index contributed by atoms with van der Waals surface area (Å²) in [4.78, 5) is 11.5. The van der Waals surface area contributed by atoms with E-state index in [9.17, 15) is 4.79 Å². The van der Waals surface area contributed by atoms with Crippen molar-refractivity contribution >= 4 is 22.0 Å². The van der Waals surface area contributed by atoms with Gasteiger partial charge in [0, 0.05) is 23.1 Å². The van der Waals surface area contributed by atoms with E-state index in [0.29, 0.717) is 6.04 Å². The number of nitrogens with one attached hydrogen (secondary N) is 2. The second-order valence-corrected chi connectivity index (χ2v) is 6.53. The largest absolute Gasteiger partial charge is 0.444 e. The Hall–Kier alpha value is -0.550. The van der Waals surface area contributed by atoms with Gasteiger partial charge in [-0.15, -0.1) is 0 Å². The summed E-state index contributed by atoms with van der Waals surface area (Å²) in [6.07, 6.45) is 1.56. The summed E-state index contributed by atoms with van der Waals surface area (Å²) in [6.45, 7) is 10.1. The smallest absolute Gasteiger partial charge is 0.407 e. The lowest BCUT2D eigenvalue weighted by Gasteiger charge is -2.36. The maximum absolute atomic E-state index is 11.5. The molecule has 98 valence electrons. The molecule has 4 nitrogen and oxygen atoms in total. The molecule has 0 aromatic rings. The van der Waals surface area contributed by atoms with Crippen molar-refractivity contribution in [2.24, 2.45) is 0 Å². The molecule has 17 heavy (non-hydrogen) atoms. The molecule has 0 unspecified atom stereocenters. The van der Waals surface area contributed by atoms with Crippen LogP contribution < -0.4 is 10.6 Å². The Morgan fingerprint density at radius 3 is 2.47 bits per heavy atom. The van der Waals surface area contributed by atoms with E-state index in [2.05, 4.69) is 33.1 Å². The Labute approximate surface area is 111 Å². The van der Waals surface area contributed by atoms with Crippen LogP contribution in [0.3, 0.4) is 0 Å². The zero-order chi connectivity index (χ0) is 13.1. The number of carbonyl (C=O) groups is 1. The normalized spacial score (nSPS) is 23.8. The number of alkyl carbamates (subject to hydrolysis) is 1. The van der Waals surface area contributed by atoms with Crippen LogP contribution in [0.4, 0.5) is 4.79 Å². The SMILES string of the molecule is C=C(Br)CNC1CC(NC(=O)OC(C)(C)C)C1. The van der Waals surface area contributed by atoms with Crippen LogP contribution in [0.15, 0.2) is 11.1 Å². The quantitative estimate of drug-likeness (QED) is 0.839. The molecular formula is C12H21BrN2O2. The average Bonchev–Trinajstić information content (AvgIpc) is 2.04. The van der Waals surface area contributed by atoms with E-state index in [1.807, 2.05) is 20.8 Å². The maximum atomic E-state index is 11.5. The molecule has 1 aliphatic rings. The number of ether oxygens (including phenoxy) is 1. The summed E-state index contributed by atoms with van der Waals surface area (Å²) in [6, 6.07) is 0.690. The van der Waals surface area contributed by atoms with E-state index in [0.717, 1.165) is 23.9 Å². The highest BCUT2D eigenvalue weighted by Crippen LogP contribution is 2.21. The molecule has 1 aliphatic carbocycles. The van der Waals surface area contributed by atoms with Crippen LogP contribution in [0.5, 0.6) is 0 Å². The van der Waals surface area contributed by atoms with Gasteiger partial charge in [-0.05, 0) is 33.6 Å². The molecule has 0 aliphatic heterocycles. The second kappa shape index (κ2) is 5.87. The predicted octanol–water partition coefficient (Wildman–Crippen LogP) is 2.54. The zero-order valence-corrected chi connectivity index (χ0v) is 12.3. The number of halogens is 1. The Kier molecular flexibility index (Phi) is 5.01. The Morgan fingerprint density at radius 2 is 2.00 bits per heavy atom. The van der Waals surface area contributed by atoms with Crippen LogP contribution in [-0.2, 0) is 4.74 Å². The third-order valence-electron chi connectivity index (χ3n) is 2.44. The van der Waals surface area contributed by atoms with Gasteiger partial charge in [-0.2, -0.15) is 0 Å². The number of amides is 1. The zero-order valence-electron chi connectivity index (χ0n) is 10.7. The fourth-order valence-electron chi connectivity index (χ4n) is 1.63. The molecule has 1 fully saturated rings. The van der Waals surface area contributed by atoms with Crippen LogP contribution in [0.1, 0.15) is 33.6 Å². The average molecular weight is 305 g/mol. The molecule has 1 amide bonds. The van der Waals surface area contributed by atoms with Gasteiger partial charge in [0.15, 0.2) is 0 Å². The lowest BCUT2D eigenvalue weighted by Crippen LogP contribution is -2.53. The van der Waals surface area contributed by atoms with Crippen molar-refractivity contribution in [1.29, 1.82) is 0 Å². The first-order valence-electron chi connectivity index (χ1n) is 5.82. The van der Waals surface area contributed by atoms with Gasteiger partial charge in [-0.25, -0.2) is 4.79 Å². The highest BCUT2D eigenvalue weighted by atomic mass is 79.9. The highest BCUT2D eigenvalue weighted by Gasteiger charge is 2.31. The van der Waals surface area contributed by atoms with Crippen molar-refractivity contribution in [2.45, 2.75) is 51.3 Å². The predicted molar refractivity (Wildman–Crippen MR) is 72.2 cm³/mol. The van der Waals surface area contributed by atoms with Crippen molar-refractivity contribution in [1.82, 2.24) is 10.6 Å². The van der Waals surface area contributed by atoms with Gasteiger partial charge in [-0.1, -0.05) is 22.5 Å². The molecule has 0 aromatic carbocycles. The van der Waals surface area contributed by atoms with Crippen molar-refractivity contribution < 1.29 is 9.53 Å². The van der Waals surface area contributed by atoms with Crippen molar-refractivity contribution in [3.05, 3.63) is 11.1 Å². The minimum Gasteiger partial charge on any atom is -0.444 e. The number of carbonyl (C=O) groups excluding carboxylic acids is 1. The summed E-state index contributed by atoms with van der Waals surface area (Å²) in [5.74, 6) is 0. The second-order valence-electron chi connectivity index (χ2n) is 5.41. The fourth-order valence-corrected chi connectivity index (χ4v) is 1.79. The van der Waals surface area contributed by atoms with E-state index in [4.69, 9.17) is 4.74 Å². The highest BCUT2D eigenvalue weighted by molar-refractivity contribution is 9.11. The Bertz CT molecular complexity index is 293. The number of hydrogen-bond acceptors (Lipinski definition) is 3. The molecule has 1 saturated carbocycles. The number of hydrogen-bond donors (Lipinski definition) is 2. The van der Waals surface area contributed by atoms with E-state index in [1.165, 1.54) is 0 Å². The van der Waals surface area contributed by atoms with Crippen molar-refractivity contribution in [3.63, 3.8) is 0 Å². The van der Waals surface area contributed by atoms with Crippen molar-refractivity contribution in [2.75, 3.05) is 6.54 Å².